The van der Waals surface area contributed by atoms with Crippen molar-refractivity contribution >= 4 is 17.3 Å². The Morgan fingerprint density at radius 3 is 2.95 bits per heavy atom. The van der Waals surface area contributed by atoms with Crippen LogP contribution in [0.3, 0.4) is 0 Å². The molecule has 0 radical (unpaired) electrons. The van der Waals surface area contributed by atoms with Gasteiger partial charge in [-0.15, -0.1) is 0 Å². The number of nitrogens with zero attached hydrogens (tertiary/aromatic N) is 2. The smallest absolute Gasteiger partial charge is 0.261 e. The van der Waals surface area contributed by atoms with Crippen LogP contribution in [0.1, 0.15) is 21.6 Å². The van der Waals surface area contributed by atoms with Crippen LogP contribution in [0.15, 0.2) is 30.5 Å². The van der Waals surface area contributed by atoms with Crippen LogP contribution < -0.4 is 10.2 Å². The Kier molecular flexibility index (Phi) is 3.33. The number of hydrogen-bond donors (Lipinski definition) is 1. The fourth-order valence-electron chi connectivity index (χ4n) is 2.65. The fourth-order valence-corrected chi connectivity index (χ4v) is 2.65. The Bertz CT molecular complexity index is 715. The number of hydrogen-bond acceptors (Lipinski definition) is 3. The molecular weight excluding hydrogens is 269 g/mol. The molecule has 108 valence electrons. The number of carbonyl (C=O) groups excluding carboxylic acids is 1. The van der Waals surface area contributed by atoms with Gasteiger partial charge in [0.1, 0.15) is 5.82 Å². The zero-order valence-corrected chi connectivity index (χ0v) is 12.0. The lowest BCUT2D eigenvalue weighted by Gasteiger charge is -2.19. The van der Waals surface area contributed by atoms with Gasteiger partial charge in [-0.3, -0.25) is 9.78 Å². The Hall–Kier alpha value is -2.43. The fraction of sp³-hybridized carbons (Fsp3) is 0.250. The highest BCUT2D eigenvalue weighted by Gasteiger charge is 2.27. The van der Waals surface area contributed by atoms with E-state index in [-0.39, 0.29) is 11.7 Å². The quantitative estimate of drug-likeness (QED) is 0.923. The standard InChI is InChI=1S/C16H16FN3O/c1-10-7-14(18-2)13(9-19-10)16(21)20-6-5-11-3-4-12(17)8-15(11)20/h3-4,7-9H,5-6H2,1-2H3,(H,18,19). The highest BCUT2D eigenvalue weighted by Crippen LogP contribution is 2.31. The molecule has 0 atom stereocenters. The van der Waals surface area contributed by atoms with Crippen LogP contribution >= 0.6 is 0 Å². The van der Waals surface area contributed by atoms with Crippen LogP contribution in [-0.4, -0.2) is 24.5 Å². The summed E-state index contributed by atoms with van der Waals surface area (Å²) in [6, 6.07) is 6.42. The van der Waals surface area contributed by atoms with Crippen LogP contribution in [0, 0.1) is 12.7 Å². The monoisotopic (exact) mass is 285 g/mol. The van der Waals surface area contributed by atoms with Crippen molar-refractivity contribution < 1.29 is 9.18 Å². The van der Waals surface area contributed by atoms with Crippen molar-refractivity contribution in [2.45, 2.75) is 13.3 Å². The third-order valence-corrected chi connectivity index (χ3v) is 3.73. The number of fused-ring (bicyclic) bond motifs is 1. The topological polar surface area (TPSA) is 45.2 Å². The van der Waals surface area contributed by atoms with Gasteiger partial charge >= 0.3 is 0 Å². The van der Waals surface area contributed by atoms with Crippen LogP contribution in [0.4, 0.5) is 15.8 Å². The van der Waals surface area contributed by atoms with Gasteiger partial charge in [0.05, 0.1) is 16.9 Å². The summed E-state index contributed by atoms with van der Waals surface area (Å²) in [7, 11) is 1.77. The Morgan fingerprint density at radius 2 is 2.19 bits per heavy atom. The average Bonchev–Trinajstić information content (AvgIpc) is 2.89. The van der Waals surface area contributed by atoms with E-state index in [0.29, 0.717) is 17.8 Å². The molecule has 2 heterocycles. The first-order valence-corrected chi connectivity index (χ1v) is 6.85. The first-order chi connectivity index (χ1) is 10.1. The van der Waals surface area contributed by atoms with Gasteiger partial charge in [-0.25, -0.2) is 4.39 Å². The van der Waals surface area contributed by atoms with Gasteiger partial charge < -0.3 is 10.2 Å². The van der Waals surface area contributed by atoms with E-state index in [2.05, 4.69) is 10.3 Å². The third kappa shape index (κ3) is 2.35. The van der Waals surface area contributed by atoms with Gasteiger partial charge in [-0.05, 0) is 37.1 Å². The Morgan fingerprint density at radius 1 is 1.38 bits per heavy atom. The molecule has 1 aliphatic rings. The molecule has 1 amide bonds. The van der Waals surface area contributed by atoms with Crippen LogP contribution in [0.5, 0.6) is 0 Å². The van der Waals surface area contributed by atoms with Crippen LogP contribution in [-0.2, 0) is 6.42 Å². The summed E-state index contributed by atoms with van der Waals surface area (Å²) in [4.78, 5) is 18.5. The number of rotatable bonds is 2. The molecule has 1 N–H and O–H groups in total. The van der Waals surface area contributed by atoms with E-state index in [9.17, 15) is 9.18 Å². The largest absolute Gasteiger partial charge is 0.387 e. The Balaban J connectivity index is 2.00. The zero-order chi connectivity index (χ0) is 15.0. The van der Waals surface area contributed by atoms with Gasteiger partial charge in [-0.1, -0.05) is 6.07 Å². The number of nitrogens with one attached hydrogen (secondary N) is 1. The number of pyridine rings is 1. The van der Waals surface area contributed by atoms with E-state index in [1.54, 1.807) is 24.2 Å². The maximum Gasteiger partial charge on any atom is 0.261 e. The number of aryl methyl sites for hydroxylation is 1. The minimum Gasteiger partial charge on any atom is -0.387 e. The number of aromatic nitrogens is 1. The van der Waals surface area contributed by atoms with Crippen molar-refractivity contribution in [1.82, 2.24) is 4.98 Å². The highest BCUT2D eigenvalue weighted by atomic mass is 19.1. The molecule has 0 saturated heterocycles. The predicted octanol–water partition coefficient (Wildman–Crippen LogP) is 2.77. The van der Waals surface area contributed by atoms with Gasteiger partial charge in [0.15, 0.2) is 0 Å². The molecule has 3 rings (SSSR count). The molecule has 0 unspecified atom stereocenters. The van der Waals surface area contributed by atoms with E-state index in [0.717, 1.165) is 23.4 Å². The second-order valence-corrected chi connectivity index (χ2v) is 5.10. The minimum atomic E-state index is -0.329. The van der Waals surface area contributed by atoms with Gasteiger partial charge in [0.25, 0.3) is 5.91 Å². The lowest BCUT2D eigenvalue weighted by Crippen LogP contribution is -2.29. The molecule has 2 aromatic rings. The molecule has 0 bridgehead atoms. The normalized spacial score (nSPS) is 13.2. The van der Waals surface area contributed by atoms with E-state index in [1.165, 1.54) is 12.1 Å². The summed E-state index contributed by atoms with van der Waals surface area (Å²) < 4.78 is 13.4. The highest BCUT2D eigenvalue weighted by molar-refractivity contribution is 6.10. The predicted molar refractivity (Wildman–Crippen MR) is 80.3 cm³/mol. The van der Waals surface area contributed by atoms with E-state index >= 15 is 0 Å². The maximum atomic E-state index is 13.4. The number of halogens is 1. The summed E-state index contributed by atoms with van der Waals surface area (Å²) in [6.45, 7) is 2.43. The molecule has 0 aliphatic carbocycles. The van der Waals surface area contributed by atoms with E-state index in [4.69, 9.17) is 0 Å². The molecule has 4 nitrogen and oxygen atoms in total. The molecule has 0 fully saturated rings. The summed E-state index contributed by atoms with van der Waals surface area (Å²) in [5.74, 6) is -0.486. The van der Waals surface area contributed by atoms with Gasteiger partial charge in [-0.2, -0.15) is 0 Å². The van der Waals surface area contributed by atoms with Crippen LogP contribution in [0.25, 0.3) is 0 Å². The average molecular weight is 285 g/mol. The van der Waals surface area contributed by atoms with Crippen molar-refractivity contribution in [1.29, 1.82) is 0 Å². The molecule has 0 spiro atoms. The van der Waals surface area contributed by atoms with Crippen molar-refractivity contribution in [2.75, 3.05) is 23.8 Å². The molecule has 5 heteroatoms. The van der Waals surface area contributed by atoms with Crippen molar-refractivity contribution in [3.05, 3.63) is 53.1 Å². The van der Waals surface area contributed by atoms with Gasteiger partial charge in [0, 0.05) is 25.5 Å². The molecule has 0 saturated carbocycles. The van der Waals surface area contributed by atoms with Crippen molar-refractivity contribution in [3.8, 4) is 0 Å². The summed E-state index contributed by atoms with van der Waals surface area (Å²) in [6.07, 6.45) is 2.32. The van der Waals surface area contributed by atoms with Crippen molar-refractivity contribution in [2.24, 2.45) is 0 Å². The summed E-state index contributed by atoms with van der Waals surface area (Å²) in [5, 5.41) is 3.01. The number of amides is 1. The van der Waals surface area contributed by atoms with Crippen LogP contribution in [0.2, 0.25) is 0 Å². The minimum absolute atomic E-state index is 0.156. The summed E-state index contributed by atoms with van der Waals surface area (Å²) >= 11 is 0. The second-order valence-electron chi connectivity index (χ2n) is 5.10. The Labute approximate surface area is 122 Å². The van der Waals surface area contributed by atoms with E-state index in [1.807, 2.05) is 13.0 Å². The van der Waals surface area contributed by atoms with E-state index < -0.39 is 0 Å². The molecule has 1 aliphatic heterocycles. The molecule has 1 aromatic heterocycles. The third-order valence-electron chi connectivity index (χ3n) is 3.73. The summed E-state index contributed by atoms with van der Waals surface area (Å²) in [5.41, 5.74) is 3.72. The SMILES string of the molecule is CNc1cc(C)ncc1C(=O)N1CCc2ccc(F)cc21. The first kappa shape index (κ1) is 13.5. The number of benzene rings is 1. The first-order valence-electron chi connectivity index (χ1n) is 6.85. The molecule has 21 heavy (non-hydrogen) atoms. The second kappa shape index (κ2) is 5.16. The zero-order valence-electron chi connectivity index (χ0n) is 12.0. The molecule has 1 aromatic carbocycles. The number of anilines is 2. The molecular formula is C16H16FN3O. The maximum absolute atomic E-state index is 13.4. The lowest BCUT2D eigenvalue weighted by atomic mass is 10.1. The van der Waals surface area contributed by atoms with Gasteiger partial charge in [0.2, 0.25) is 0 Å². The lowest BCUT2D eigenvalue weighted by molar-refractivity contribution is 0.0990. The van der Waals surface area contributed by atoms with Crippen molar-refractivity contribution in [3.63, 3.8) is 0 Å². The number of carbonyl (C=O) groups is 1.